The normalized spacial score (nSPS) is 19.0. The van der Waals surface area contributed by atoms with E-state index in [2.05, 4.69) is 10.3 Å². The largest absolute Gasteiger partial charge is 0.326 e. The minimum Gasteiger partial charge on any atom is -0.326 e. The van der Waals surface area contributed by atoms with E-state index in [1.165, 1.54) is 12.1 Å². The van der Waals surface area contributed by atoms with Crippen LogP contribution in [0.2, 0.25) is 0 Å². The molecule has 0 spiro atoms. The standard InChI is InChI=1S/C20H19N3O3S/c1-12-10-22-11-14-2-5-15(8-17(12)14)23-20(24)19-9-18(19)13-3-6-16(7-4-13)27(21,25)26/h2-8,10-11,18-19H,9H2,1H3,(H,23,24)(H2,21,25,26). The Morgan fingerprint density at radius 1 is 1.15 bits per heavy atom. The van der Waals surface area contributed by atoms with Crippen molar-refractivity contribution in [2.45, 2.75) is 24.2 Å². The molecule has 138 valence electrons. The van der Waals surface area contributed by atoms with Crippen molar-refractivity contribution in [3.05, 3.63) is 66.0 Å². The minimum atomic E-state index is -3.70. The number of aromatic nitrogens is 1. The molecular formula is C20H19N3O3S. The molecule has 0 radical (unpaired) electrons. The van der Waals surface area contributed by atoms with Crippen LogP contribution in [0.4, 0.5) is 5.69 Å². The quantitative estimate of drug-likeness (QED) is 0.725. The van der Waals surface area contributed by atoms with Crippen molar-refractivity contribution in [1.29, 1.82) is 0 Å². The average Bonchev–Trinajstić information content (AvgIpc) is 3.43. The van der Waals surface area contributed by atoms with Crippen LogP contribution in [0.1, 0.15) is 23.5 Å². The maximum absolute atomic E-state index is 12.6. The number of nitrogens with zero attached hydrogens (tertiary/aromatic N) is 1. The van der Waals surface area contributed by atoms with Gasteiger partial charge in [-0.05, 0) is 60.0 Å². The summed E-state index contributed by atoms with van der Waals surface area (Å²) in [5, 5.41) is 10.2. The highest BCUT2D eigenvalue weighted by atomic mass is 32.2. The monoisotopic (exact) mass is 381 g/mol. The first kappa shape index (κ1) is 17.6. The number of hydrogen-bond donors (Lipinski definition) is 2. The molecule has 2 aromatic carbocycles. The molecule has 7 heteroatoms. The Morgan fingerprint density at radius 2 is 1.89 bits per heavy atom. The molecule has 1 saturated carbocycles. The first-order valence-electron chi connectivity index (χ1n) is 8.61. The minimum absolute atomic E-state index is 0.0263. The highest BCUT2D eigenvalue weighted by molar-refractivity contribution is 7.89. The summed E-state index contributed by atoms with van der Waals surface area (Å²) in [6, 6.07) is 12.2. The van der Waals surface area contributed by atoms with Crippen molar-refractivity contribution in [3.63, 3.8) is 0 Å². The fourth-order valence-electron chi connectivity index (χ4n) is 3.38. The van der Waals surface area contributed by atoms with Crippen LogP contribution >= 0.6 is 0 Å². The molecule has 0 aliphatic heterocycles. The second kappa shape index (κ2) is 6.44. The fourth-order valence-corrected chi connectivity index (χ4v) is 3.90. The van der Waals surface area contributed by atoms with Gasteiger partial charge < -0.3 is 5.32 Å². The van der Waals surface area contributed by atoms with Gasteiger partial charge in [-0.2, -0.15) is 0 Å². The van der Waals surface area contributed by atoms with Gasteiger partial charge in [0.2, 0.25) is 15.9 Å². The van der Waals surface area contributed by atoms with Gasteiger partial charge in [0.05, 0.1) is 4.90 Å². The number of benzene rings is 2. The number of sulfonamides is 1. The maximum atomic E-state index is 12.6. The highest BCUT2D eigenvalue weighted by Gasteiger charge is 2.43. The smallest absolute Gasteiger partial charge is 0.238 e. The van der Waals surface area contributed by atoms with Crippen LogP contribution in [-0.4, -0.2) is 19.3 Å². The van der Waals surface area contributed by atoms with Gasteiger partial charge in [0.1, 0.15) is 0 Å². The number of aryl methyl sites for hydroxylation is 1. The fraction of sp³-hybridized carbons (Fsp3) is 0.200. The number of carbonyl (C=O) groups excluding carboxylic acids is 1. The average molecular weight is 381 g/mol. The number of fused-ring (bicyclic) bond motifs is 1. The Bertz CT molecular complexity index is 1140. The Morgan fingerprint density at radius 3 is 2.59 bits per heavy atom. The molecule has 2 atom stereocenters. The van der Waals surface area contributed by atoms with E-state index >= 15 is 0 Å². The second-order valence-corrected chi connectivity index (χ2v) is 8.51. The van der Waals surface area contributed by atoms with Crippen LogP contribution in [0.3, 0.4) is 0 Å². The lowest BCUT2D eigenvalue weighted by atomic mass is 10.1. The zero-order chi connectivity index (χ0) is 19.2. The summed E-state index contributed by atoms with van der Waals surface area (Å²) in [6.45, 7) is 1.99. The van der Waals surface area contributed by atoms with E-state index in [1.54, 1.807) is 24.5 Å². The van der Waals surface area contributed by atoms with Crippen LogP contribution in [0.25, 0.3) is 10.8 Å². The van der Waals surface area contributed by atoms with E-state index in [4.69, 9.17) is 5.14 Å². The van der Waals surface area contributed by atoms with Crippen molar-refractivity contribution in [2.24, 2.45) is 11.1 Å². The highest BCUT2D eigenvalue weighted by Crippen LogP contribution is 2.48. The molecule has 0 saturated heterocycles. The predicted octanol–water partition coefficient (Wildman–Crippen LogP) is 2.93. The summed E-state index contributed by atoms with van der Waals surface area (Å²) in [6.07, 6.45) is 4.35. The Hall–Kier alpha value is -2.77. The molecule has 1 aromatic heterocycles. The predicted molar refractivity (Wildman–Crippen MR) is 104 cm³/mol. The molecule has 3 N–H and O–H groups in total. The molecule has 1 aliphatic carbocycles. The summed E-state index contributed by atoms with van der Waals surface area (Å²) in [4.78, 5) is 16.8. The maximum Gasteiger partial charge on any atom is 0.238 e. The van der Waals surface area contributed by atoms with Crippen LogP contribution in [0, 0.1) is 12.8 Å². The topological polar surface area (TPSA) is 102 Å². The molecular weight excluding hydrogens is 362 g/mol. The third kappa shape index (κ3) is 3.56. The molecule has 27 heavy (non-hydrogen) atoms. The number of hydrogen-bond acceptors (Lipinski definition) is 4. The van der Waals surface area contributed by atoms with Gasteiger partial charge >= 0.3 is 0 Å². The molecule has 0 bridgehead atoms. The molecule has 3 aromatic rings. The van der Waals surface area contributed by atoms with Crippen molar-refractivity contribution in [1.82, 2.24) is 4.98 Å². The summed E-state index contributed by atoms with van der Waals surface area (Å²) >= 11 is 0. The van der Waals surface area contributed by atoms with Gasteiger partial charge in [-0.3, -0.25) is 9.78 Å². The molecule has 1 amide bonds. The van der Waals surface area contributed by atoms with Crippen LogP contribution in [0.15, 0.2) is 59.8 Å². The van der Waals surface area contributed by atoms with Gasteiger partial charge in [-0.1, -0.05) is 18.2 Å². The first-order valence-corrected chi connectivity index (χ1v) is 10.2. The van der Waals surface area contributed by atoms with Gasteiger partial charge in [-0.25, -0.2) is 13.6 Å². The van der Waals surface area contributed by atoms with E-state index < -0.39 is 10.0 Å². The van der Waals surface area contributed by atoms with Crippen molar-refractivity contribution < 1.29 is 13.2 Å². The summed E-state index contributed by atoms with van der Waals surface area (Å²) in [5.41, 5.74) is 2.77. The number of amides is 1. The number of nitrogens with one attached hydrogen (secondary N) is 1. The van der Waals surface area contributed by atoms with Crippen molar-refractivity contribution >= 4 is 32.4 Å². The zero-order valence-corrected chi connectivity index (χ0v) is 15.5. The number of anilines is 1. The van der Waals surface area contributed by atoms with Gasteiger partial charge in [0, 0.05) is 29.4 Å². The molecule has 1 heterocycles. The lowest BCUT2D eigenvalue weighted by Gasteiger charge is -2.08. The van der Waals surface area contributed by atoms with E-state index in [-0.39, 0.29) is 22.6 Å². The molecule has 6 nitrogen and oxygen atoms in total. The number of pyridine rings is 1. The third-order valence-corrected chi connectivity index (χ3v) is 5.92. The summed E-state index contributed by atoms with van der Waals surface area (Å²) in [7, 11) is -3.70. The molecule has 1 aliphatic rings. The van der Waals surface area contributed by atoms with E-state index in [1.807, 2.05) is 25.1 Å². The number of nitrogens with two attached hydrogens (primary N) is 1. The number of carbonyl (C=O) groups is 1. The molecule has 2 unspecified atom stereocenters. The van der Waals surface area contributed by atoms with E-state index in [9.17, 15) is 13.2 Å². The van der Waals surface area contributed by atoms with Gasteiger partial charge in [0.15, 0.2) is 0 Å². The van der Waals surface area contributed by atoms with Crippen molar-refractivity contribution in [3.8, 4) is 0 Å². The number of rotatable bonds is 4. The first-order chi connectivity index (χ1) is 12.8. The Labute approximate surface area is 157 Å². The Kier molecular flexibility index (Phi) is 4.20. The van der Waals surface area contributed by atoms with E-state index in [0.717, 1.165) is 34.0 Å². The zero-order valence-electron chi connectivity index (χ0n) is 14.7. The van der Waals surface area contributed by atoms with Crippen LogP contribution in [-0.2, 0) is 14.8 Å². The Balaban J connectivity index is 1.47. The summed E-state index contributed by atoms with van der Waals surface area (Å²) < 4.78 is 22.7. The SMILES string of the molecule is Cc1cncc2ccc(NC(=O)C3CC3c3ccc(S(N)(=O)=O)cc3)cc12. The lowest BCUT2D eigenvalue weighted by molar-refractivity contribution is -0.117. The van der Waals surface area contributed by atoms with Gasteiger partial charge in [-0.15, -0.1) is 0 Å². The third-order valence-electron chi connectivity index (χ3n) is 4.99. The van der Waals surface area contributed by atoms with Gasteiger partial charge in [0.25, 0.3) is 0 Å². The van der Waals surface area contributed by atoms with Crippen LogP contribution in [0.5, 0.6) is 0 Å². The second-order valence-electron chi connectivity index (χ2n) is 6.94. The number of primary sulfonamides is 1. The molecule has 4 rings (SSSR count). The van der Waals surface area contributed by atoms with Crippen molar-refractivity contribution in [2.75, 3.05) is 5.32 Å². The molecule has 1 fully saturated rings. The lowest BCUT2D eigenvalue weighted by Crippen LogP contribution is -2.14. The van der Waals surface area contributed by atoms with E-state index in [0.29, 0.717) is 0 Å². The van der Waals surface area contributed by atoms with Crippen LogP contribution < -0.4 is 10.5 Å². The summed E-state index contributed by atoms with van der Waals surface area (Å²) in [5.74, 6) is -0.0351.